The molecule has 0 spiro atoms. The Bertz CT molecular complexity index is 292. The van der Waals surface area contributed by atoms with E-state index in [1.807, 2.05) is 0 Å². The lowest BCUT2D eigenvalue weighted by molar-refractivity contribution is 0.0983. The molecule has 0 aromatic carbocycles. The highest BCUT2D eigenvalue weighted by Gasteiger charge is 2.44. The van der Waals surface area contributed by atoms with E-state index in [4.69, 9.17) is 0 Å². The minimum absolute atomic E-state index is 0.497. The van der Waals surface area contributed by atoms with Crippen molar-refractivity contribution in [3.63, 3.8) is 0 Å². The summed E-state index contributed by atoms with van der Waals surface area (Å²) >= 11 is 3.80. The van der Waals surface area contributed by atoms with Gasteiger partial charge in [0.15, 0.2) is 0 Å². The molecule has 0 N–H and O–H groups in total. The fourth-order valence-electron chi connectivity index (χ4n) is 3.83. The summed E-state index contributed by atoms with van der Waals surface area (Å²) in [5.41, 5.74) is 2.24. The van der Waals surface area contributed by atoms with E-state index in [1.54, 1.807) is 5.57 Å². The van der Waals surface area contributed by atoms with Crippen molar-refractivity contribution in [2.45, 2.75) is 58.2 Å². The highest BCUT2D eigenvalue weighted by Crippen LogP contribution is 2.54. The van der Waals surface area contributed by atoms with Crippen LogP contribution in [0.1, 0.15) is 53.4 Å². The van der Waals surface area contributed by atoms with Crippen LogP contribution in [0.3, 0.4) is 0 Å². The first-order valence-corrected chi connectivity index (χ1v) is 7.70. The first-order valence-electron chi connectivity index (χ1n) is 6.78. The minimum atomic E-state index is 0.497. The van der Waals surface area contributed by atoms with Crippen LogP contribution in [0.2, 0.25) is 0 Å². The van der Waals surface area contributed by atoms with Crippen molar-refractivity contribution in [3.8, 4) is 0 Å². The maximum atomic E-state index is 3.80. The van der Waals surface area contributed by atoms with Gasteiger partial charge < -0.3 is 0 Å². The molecule has 0 saturated heterocycles. The van der Waals surface area contributed by atoms with Crippen LogP contribution < -0.4 is 0 Å². The zero-order chi connectivity index (χ0) is 11.9. The molecule has 16 heavy (non-hydrogen) atoms. The summed E-state index contributed by atoms with van der Waals surface area (Å²) in [6, 6.07) is 0. The number of hydrogen-bond donors (Lipinski definition) is 0. The summed E-state index contributed by atoms with van der Waals surface area (Å²) in [5.74, 6) is 2.57. The van der Waals surface area contributed by atoms with Crippen LogP contribution in [0.5, 0.6) is 0 Å². The van der Waals surface area contributed by atoms with Gasteiger partial charge in [-0.05, 0) is 48.9 Å². The van der Waals surface area contributed by atoms with E-state index in [-0.39, 0.29) is 0 Å². The second kappa shape index (κ2) is 4.48. The molecule has 4 atom stereocenters. The molecule has 0 aliphatic heterocycles. The lowest BCUT2D eigenvalue weighted by Crippen LogP contribution is -2.41. The van der Waals surface area contributed by atoms with E-state index >= 15 is 0 Å². The SMILES string of the molecule is CC(C)C1CC=C2C[C@@H](Br)CC[C@]2(C)C1C. The second-order valence-electron chi connectivity index (χ2n) is 6.42. The largest absolute Gasteiger partial charge is 0.0887 e. The third-order valence-corrected chi connectivity index (χ3v) is 6.07. The first kappa shape index (κ1) is 12.7. The van der Waals surface area contributed by atoms with Gasteiger partial charge in [0.2, 0.25) is 0 Å². The van der Waals surface area contributed by atoms with Gasteiger partial charge >= 0.3 is 0 Å². The predicted molar refractivity (Wildman–Crippen MR) is 74.9 cm³/mol. The average Bonchev–Trinajstić information content (AvgIpc) is 2.21. The monoisotopic (exact) mass is 284 g/mol. The Balaban J connectivity index is 2.26. The van der Waals surface area contributed by atoms with E-state index in [2.05, 4.69) is 49.7 Å². The molecule has 0 nitrogen and oxygen atoms in total. The molecule has 0 aromatic heterocycles. The molecule has 1 saturated carbocycles. The summed E-state index contributed by atoms with van der Waals surface area (Å²) in [7, 11) is 0. The van der Waals surface area contributed by atoms with Gasteiger partial charge in [0.05, 0.1) is 0 Å². The summed E-state index contributed by atoms with van der Waals surface area (Å²) in [6.07, 6.45) is 7.88. The molecule has 2 rings (SSSR count). The van der Waals surface area contributed by atoms with Crippen LogP contribution in [0.15, 0.2) is 11.6 Å². The van der Waals surface area contributed by atoms with E-state index in [0.29, 0.717) is 5.41 Å². The molecule has 0 amide bonds. The normalized spacial score (nSPS) is 44.1. The molecule has 0 bridgehead atoms. The van der Waals surface area contributed by atoms with Gasteiger partial charge in [-0.15, -0.1) is 0 Å². The number of alkyl halides is 1. The topological polar surface area (TPSA) is 0 Å². The molecule has 92 valence electrons. The molecule has 0 aromatic rings. The molecular formula is C15H25Br. The fourth-order valence-corrected chi connectivity index (χ4v) is 4.41. The van der Waals surface area contributed by atoms with E-state index in [1.165, 1.54) is 25.7 Å². The van der Waals surface area contributed by atoms with Crippen LogP contribution in [0.25, 0.3) is 0 Å². The maximum Gasteiger partial charge on any atom is 0.0183 e. The van der Waals surface area contributed by atoms with Crippen molar-refractivity contribution in [2.75, 3.05) is 0 Å². The number of rotatable bonds is 1. The smallest absolute Gasteiger partial charge is 0.0183 e. The van der Waals surface area contributed by atoms with Gasteiger partial charge in [-0.1, -0.05) is 55.3 Å². The highest BCUT2D eigenvalue weighted by molar-refractivity contribution is 9.09. The Morgan fingerprint density at radius 1 is 1.44 bits per heavy atom. The van der Waals surface area contributed by atoms with E-state index in [9.17, 15) is 0 Å². The Kier molecular flexibility index (Phi) is 3.55. The quantitative estimate of drug-likeness (QED) is 0.460. The number of hydrogen-bond acceptors (Lipinski definition) is 0. The Morgan fingerprint density at radius 3 is 2.75 bits per heavy atom. The first-order chi connectivity index (χ1) is 7.45. The standard InChI is InChI=1S/C15H25Br/c1-10(2)14-6-5-12-9-13(16)7-8-15(12,4)11(14)3/h5,10-11,13-14H,6-9H2,1-4H3/t11?,13-,14?,15+/m0/s1. The number of allylic oxidation sites excluding steroid dienone is 2. The predicted octanol–water partition coefficient (Wildman–Crippen LogP) is 5.18. The Labute approximate surface area is 109 Å². The third-order valence-electron chi connectivity index (χ3n) is 5.29. The van der Waals surface area contributed by atoms with Crippen LogP contribution in [-0.4, -0.2) is 4.83 Å². The molecule has 0 heterocycles. The van der Waals surface area contributed by atoms with Crippen molar-refractivity contribution in [2.24, 2.45) is 23.2 Å². The molecular weight excluding hydrogens is 260 g/mol. The van der Waals surface area contributed by atoms with Crippen LogP contribution in [0.4, 0.5) is 0 Å². The van der Waals surface area contributed by atoms with E-state index in [0.717, 1.165) is 22.6 Å². The van der Waals surface area contributed by atoms with Crippen LogP contribution >= 0.6 is 15.9 Å². The van der Waals surface area contributed by atoms with Crippen molar-refractivity contribution in [1.82, 2.24) is 0 Å². The van der Waals surface area contributed by atoms with Gasteiger partial charge in [-0.25, -0.2) is 0 Å². The van der Waals surface area contributed by atoms with Gasteiger partial charge in [0.1, 0.15) is 0 Å². The molecule has 2 aliphatic carbocycles. The molecule has 1 fully saturated rings. The minimum Gasteiger partial charge on any atom is -0.0887 e. The maximum absolute atomic E-state index is 3.80. The van der Waals surface area contributed by atoms with Gasteiger partial charge in [-0.3, -0.25) is 0 Å². The summed E-state index contributed by atoms with van der Waals surface area (Å²) in [5, 5.41) is 0. The number of fused-ring (bicyclic) bond motifs is 1. The lowest BCUT2D eigenvalue weighted by atomic mass is 9.56. The summed E-state index contributed by atoms with van der Waals surface area (Å²) < 4.78 is 0. The number of halogens is 1. The van der Waals surface area contributed by atoms with Crippen LogP contribution in [0, 0.1) is 23.2 Å². The van der Waals surface area contributed by atoms with Gasteiger partial charge in [0.25, 0.3) is 0 Å². The lowest BCUT2D eigenvalue weighted by Gasteiger charge is -2.50. The summed E-state index contributed by atoms with van der Waals surface area (Å²) in [4.78, 5) is 0.731. The molecule has 2 unspecified atom stereocenters. The zero-order valence-electron chi connectivity index (χ0n) is 11.1. The van der Waals surface area contributed by atoms with Crippen molar-refractivity contribution in [1.29, 1.82) is 0 Å². The molecule has 0 radical (unpaired) electrons. The highest BCUT2D eigenvalue weighted by atomic mass is 79.9. The average molecular weight is 285 g/mol. The van der Waals surface area contributed by atoms with Gasteiger partial charge in [-0.2, -0.15) is 0 Å². The van der Waals surface area contributed by atoms with Crippen molar-refractivity contribution < 1.29 is 0 Å². The van der Waals surface area contributed by atoms with Gasteiger partial charge in [0, 0.05) is 4.83 Å². The fraction of sp³-hybridized carbons (Fsp3) is 0.867. The van der Waals surface area contributed by atoms with Crippen LogP contribution in [-0.2, 0) is 0 Å². The molecule has 1 heteroatoms. The van der Waals surface area contributed by atoms with Crippen molar-refractivity contribution >= 4 is 15.9 Å². The third kappa shape index (κ3) is 2.00. The Morgan fingerprint density at radius 2 is 2.12 bits per heavy atom. The molecule has 2 aliphatic rings. The van der Waals surface area contributed by atoms with Crippen molar-refractivity contribution in [3.05, 3.63) is 11.6 Å². The second-order valence-corrected chi connectivity index (χ2v) is 7.71. The zero-order valence-corrected chi connectivity index (χ0v) is 12.7. The summed E-state index contributed by atoms with van der Waals surface area (Å²) in [6.45, 7) is 9.78. The Hall–Kier alpha value is 0.220. The van der Waals surface area contributed by atoms with E-state index < -0.39 is 0 Å².